The Balaban J connectivity index is 1.57. The summed E-state index contributed by atoms with van der Waals surface area (Å²) >= 11 is 7.58. The van der Waals surface area contributed by atoms with Crippen LogP contribution in [0, 0.1) is 6.92 Å². The summed E-state index contributed by atoms with van der Waals surface area (Å²) in [5.41, 5.74) is 10.8. The van der Waals surface area contributed by atoms with Gasteiger partial charge in [0.05, 0.1) is 24.8 Å². The van der Waals surface area contributed by atoms with Gasteiger partial charge in [-0.05, 0) is 47.7 Å². The van der Waals surface area contributed by atoms with Crippen molar-refractivity contribution < 1.29 is 19.0 Å². The maximum Gasteiger partial charge on any atom is 0.247 e. The molecule has 1 amide bonds. The number of carbonyl (C=O) groups excluding carboxylic acids is 1. The molecule has 0 atom stereocenters. The highest BCUT2D eigenvalue weighted by molar-refractivity contribution is 7.15. The number of benzene rings is 2. The second kappa shape index (κ2) is 12.4. The van der Waals surface area contributed by atoms with E-state index in [2.05, 4.69) is 46.7 Å². The van der Waals surface area contributed by atoms with Crippen molar-refractivity contribution in [2.24, 2.45) is 5.10 Å². The molecule has 0 saturated heterocycles. The van der Waals surface area contributed by atoms with E-state index in [0.717, 1.165) is 28.2 Å². The monoisotopic (exact) mass is 517 g/mol. The van der Waals surface area contributed by atoms with Crippen LogP contribution < -0.4 is 25.4 Å². The molecule has 0 fully saturated rings. The molecule has 11 heteroatoms. The molecule has 186 valence electrons. The van der Waals surface area contributed by atoms with Crippen molar-refractivity contribution in [3.8, 4) is 17.2 Å². The molecular weight excluding hydrogens is 490 g/mol. The van der Waals surface area contributed by atoms with Crippen molar-refractivity contribution in [3.63, 3.8) is 0 Å². The van der Waals surface area contributed by atoms with Gasteiger partial charge in [-0.1, -0.05) is 48.9 Å². The van der Waals surface area contributed by atoms with E-state index in [0.29, 0.717) is 44.7 Å². The summed E-state index contributed by atoms with van der Waals surface area (Å²) in [5.74, 6) is 1.70. The van der Waals surface area contributed by atoms with Crippen molar-refractivity contribution in [3.05, 3.63) is 57.1 Å². The molecular formula is C24H28ClN5O4S. The van der Waals surface area contributed by atoms with E-state index < -0.39 is 0 Å². The van der Waals surface area contributed by atoms with Gasteiger partial charge in [-0.25, -0.2) is 5.43 Å². The van der Waals surface area contributed by atoms with Gasteiger partial charge >= 0.3 is 0 Å². The normalized spacial score (nSPS) is 11.1. The molecule has 0 aliphatic rings. The molecule has 0 saturated carbocycles. The first-order valence-corrected chi connectivity index (χ1v) is 12.1. The number of aryl methyl sites for hydroxylation is 1. The lowest BCUT2D eigenvalue weighted by Crippen LogP contribution is -2.19. The SMILES string of the molecule is COc1cc(C=NNC(=O)Cc2nnc(N)s2)cc(Cl)c1OCCOc1cc(C)ccc1C(C)C. The van der Waals surface area contributed by atoms with Gasteiger partial charge in [0, 0.05) is 0 Å². The Morgan fingerprint density at radius 1 is 1.20 bits per heavy atom. The van der Waals surface area contributed by atoms with E-state index in [1.54, 1.807) is 12.1 Å². The van der Waals surface area contributed by atoms with Crippen LogP contribution in [0.4, 0.5) is 5.13 Å². The van der Waals surface area contributed by atoms with Crippen molar-refractivity contribution >= 4 is 40.2 Å². The lowest BCUT2D eigenvalue weighted by Gasteiger charge is -2.16. The molecule has 35 heavy (non-hydrogen) atoms. The number of anilines is 1. The lowest BCUT2D eigenvalue weighted by atomic mass is 10.0. The Bertz CT molecular complexity index is 1200. The second-order valence-electron chi connectivity index (χ2n) is 7.93. The molecule has 0 unspecified atom stereocenters. The first-order valence-electron chi connectivity index (χ1n) is 10.9. The van der Waals surface area contributed by atoms with Gasteiger partial charge in [0.15, 0.2) is 11.5 Å². The molecule has 3 N–H and O–H groups in total. The van der Waals surface area contributed by atoms with Crippen molar-refractivity contribution in [1.82, 2.24) is 15.6 Å². The van der Waals surface area contributed by atoms with Crippen LogP contribution in [0.2, 0.25) is 5.02 Å². The molecule has 1 aromatic heterocycles. The van der Waals surface area contributed by atoms with Crippen LogP contribution in [0.1, 0.15) is 41.5 Å². The number of nitrogens with one attached hydrogen (secondary N) is 1. The lowest BCUT2D eigenvalue weighted by molar-refractivity contribution is -0.120. The Morgan fingerprint density at radius 2 is 1.97 bits per heavy atom. The average molecular weight is 518 g/mol. The predicted octanol–water partition coefficient (Wildman–Crippen LogP) is 4.36. The van der Waals surface area contributed by atoms with Crippen LogP contribution in [0.3, 0.4) is 0 Å². The van der Waals surface area contributed by atoms with Gasteiger partial charge in [0.25, 0.3) is 0 Å². The smallest absolute Gasteiger partial charge is 0.247 e. The maximum absolute atomic E-state index is 12.0. The molecule has 0 radical (unpaired) electrons. The fourth-order valence-electron chi connectivity index (χ4n) is 3.19. The molecule has 2 aromatic carbocycles. The Kier molecular flexibility index (Phi) is 9.27. The summed E-state index contributed by atoms with van der Waals surface area (Å²) in [6.07, 6.45) is 1.49. The number of hydrazone groups is 1. The minimum Gasteiger partial charge on any atom is -0.493 e. The van der Waals surface area contributed by atoms with Gasteiger partial charge in [-0.3, -0.25) is 4.79 Å². The summed E-state index contributed by atoms with van der Waals surface area (Å²) in [6.45, 7) is 6.91. The first-order chi connectivity index (χ1) is 16.8. The van der Waals surface area contributed by atoms with E-state index in [-0.39, 0.29) is 18.9 Å². The van der Waals surface area contributed by atoms with Crippen LogP contribution in [-0.2, 0) is 11.2 Å². The molecule has 0 spiro atoms. The zero-order valence-electron chi connectivity index (χ0n) is 20.0. The summed E-state index contributed by atoms with van der Waals surface area (Å²) in [7, 11) is 1.52. The van der Waals surface area contributed by atoms with Crippen LogP contribution in [0.5, 0.6) is 17.2 Å². The maximum atomic E-state index is 12.0. The molecule has 0 aliphatic heterocycles. The highest BCUT2D eigenvalue weighted by atomic mass is 35.5. The minimum atomic E-state index is -0.343. The Labute approximate surface area is 213 Å². The number of nitrogens with two attached hydrogens (primary N) is 1. The van der Waals surface area contributed by atoms with Gasteiger partial charge in [-0.15, -0.1) is 10.2 Å². The summed E-state index contributed by atoms with van der Waals surface area (Å²) in [6, 6.07) is 9.57. The summed E-state index contributed by atoms with van der Waals surface area (Å²) in [5, 5.41) is 12.6. The van der Waals surface area contributed by atoms with Gasteiger partial charge in [0.2, 0.25) is 11.0 Å². The number of rotatable bonds is 11. The molecule has 1 heterocycles. The van der Waals surface area contributed by atoms with E-state index in [1.807, 2.05) is 13.0 Å². The predicted molar refractivity (Wildman–Crippen MR) is 138 cm³/mol. The second-order valence-corrected chi connectivity index (χ2v) is 9.43. The van der Waals surface area contributed by atoms with Crippen LogP contribution in [0.15, 0.2) is 35.4 Å². The molecule has 3 aromatic rings. The van der Waals surface area contributed by atoms with Crippen LogP contribution >= 0.6 is 22.9 Å². The van der Waals surface area contributed by atoms with Gasteiger partial charge < -0.3 is 19.9 Å². The highest BCUT2D eigenvalue weighted by Crippen LogP contribution is 2.36. The van der Waals surface area contributed by atoms with Crippen molar-refractivity contribution in [1.29, 1.82) is 0 Å². The number of hydrogen-bond donors (Lipinski definition) is 2. The van der Waals surface area contributed by atoms with Crippen LogP contribution in [-0.4, -0.2) is 42.6 Å². The molecule has 3 rings (SSSR count). The minimum absolute atomic E-state index is 0.0341. The number of ether oxygens (including phenoxy) is 3. The van der Waals surface area contributed by atoms with Crippen LogP contribution in [0.25, 0.3) is 0 Å². The quantitative estimate of drug-likeness (QED) is 0.220. The molecule has 0 bridgehead atoms. The van der Waals surface area contributed by atoms with Crippen molar-refractivity contribution in [2.45, 2.75) is 33.1 Å². The number of amides is 1. The average Bonchev–Trinajstić information content (AvgIpc) is 3.21. The van der Waals surface area contributed by atoms with E-state index in [1.165, 1.54) is 13.3 Å². The molecule has 0 aliphatic carbocycles. The Morgan fingerprint density at radius 3 is 2.66 bits per heavy atom. The number of carbonyl (C=O) groups is 1. The number of aromatic nitrogens is 2. The third-order valence-electron chi connectivity index (χ3n) is 4.83. The van der Waals surface area contributed by atoms with E-state index in [9.17, 15) is 4.79 Å². The zero-order valence-corrected chi connectivity index (χ0v) is 21.6. The standard InChI is InChI=1S/C24H28ClN5O4S/c1-14(2)17-6-5-15(3)9-19(17)33-7-8-34-23-18(25)10-16(11-20(23)32-4)13-27-28-21(31)12-22-29-30-24(26)35-22/h5-6,9-11,13-14H,7-8,12H2,1-4H3,(H2,26,30)(H,28,31). The van der Waals surface area contributed by atoms with Crippen molar-refractivity contribution in [2.75, 3.05) is 26.1 Å². The number of hydrogen-bond acceptors (Lipinski definition) is 9. The van der Waals surface area contributed by atoms with Gasteiger partial charge in [-0.2, -0.15) is 5.10 Å². The third-order valence-corrected chi connectivity index (χ3v) is 5.86. The number of methoxy groups -OCH3 is 1. The topological polar surface area (TPSA) is 121 Å². The number of nitrogen functional groups attached to an aromatic ring is 1. The Hall–Kier alpha value is -3.37. The highest BCUT2D eigenvalue weighted by Gasteiger charge is 2.13. The largest absolute Gasteiger partial charge is 0.493 e. The molecule has 9 nitrogen and oxygen atoms in total. The van der Waals surface area contributed by atoms with Gasteiger partial charge in [0.1, 0.15) is 24.0 Å². The number of nitrogens with zero attached hydrogens (tertiary/aromatic N) is 3. The van der Waals surface area contributed by atoms with E-state index >= 15 is 0 Å². The fraction of sp³-hybridized carbons (Fsp3) is 0.333. The number of halogens is 1. The summed E-state index contributed by atoms with van der Waals surface area (Å²) in [4.78, 5) is 12.0. The third kappa shape index (κ3) is 7.56. The summed E-state index contributed by atoms with van der Waals surface area (Å²) < 4.78 is 17.3. The van der Waals surface area contributed by atoms with E-state index in [4.69, 9.17) is 31.5 Å². The first kappa shape index (κ1) is 26.2. The fourth-order valence-corrected chi connectivity index (χ4v) is 4.07. The zero-order chi connectivity index (χ0) is 25.4.